The number of azide groups is 1. The maximum Gasteiger partial charge on any atom is 0.410 e. The molecule has 2 aliphatic rings. The number of nitrogens with one attached hydrogen (secondary N) is 3. The lowest BCUT2D eigenvalue weighted by atomic mass is 9.97. The van der Waals surface area contributed by atoms with E-state index in [1.165, 1.54) is 41.4 Å². The first-order valence-corrected chi connectivity index (χ1v) is 19.0. The van der Waals surface area contributed by atoms with E-state index in [9.17, 15) is 39.1 Å². The molecule has 324 valence electrons. The van der Waals surface area contributed by atoms with Crippen LogP contribution < -0.4 is 15.4 Å². The number of aromatic amines is 1. The zero-order valence-corrected chi connectivity index (χ0v) is 34.3. The topological polar surface area (TPSA) is 289 Å². The standard InChI is InChI=1S/C37H38Cl2N8O14/c1-17(48)57-29-30(58-18(2)49)32(59-19(3)50)36(61-31(29)35(53)55-4)60-26-9-8-20(14-24(26)44-46-40)16-56-37(54)47-12-10-21(11-13-47)42-34(52)28-25(15-41-45-28)43-33(51)27-22(38)6-5-7-23(27)39/h5-9,14-15,21,29-32,36H,10-13,16H2,1-4H3,(H,41,45)(H,42,52)(H,43,51)/t29-,30-,31?,32?,36+/m0/s1. The van der Waals surface area contributed by atoms with Gasteiger partial charge in [-0.15, -0.1) is 0 Å². The summed E-state index contributed by atoms with van der Waals surface area (Å²) in [5.41, 5.74) is 9.67. The number of aromatic nitrogens is 2. The number of carbonyl (C=O) groups is 7. The fourth-order valence-corrected chi connectivity index (χ4v) is 6.90. The number of anilines is 1. The number of ether oxygens (including phenoxy) is 7. The highest BCUT2D eigenvalue weighted by molar-refractivity contribution is 6.40. The van der Waals surface area contributed by atoms with Gasteiger partial charge in [-0.1, -0.05) is 40.4 Å². The first-order chi connectivity index (χ1) is 29.1. The highest BCUT2D eigenvalue weighted by atomic mass is 35.5. The molecule has 0 radical (unpaired) electrons. The van der Waals surface area contributed by atoms with E-state index in [2.05, 4.69) is 30.9 Å². The van der Waals surface area contributed by atoms with Crippen LogP contribution in [0.15, 0.2) is 47.7 Å². The van der Waals surface area contributed by atoms with Crippen LogP contribution >= 0.6 is 23.2 Å². The summed E-state index contributed by atoms with van der Waals surface area (Å²) in [6.45, 7) is 3.28. The van der Waals surface area contributed by atoms with Gasteiger partial charge in [0.2, 0.25) is 12.4 Å². The molecule has 5 rings (SSSR count). The van der Waals surface area contributed by atoms with E-state index in [1.807, 2.05) is 0 Å². The number of benzene rings is 2. The minimum absolute atomic E-state index is 0.00477. The molecule has 0 saturated carbocycles. The van der Waals surface area contributed by atoms with E-state index in [4.69, 9.17) is 56.4 Å². The second kappa shape index (κ2) is 20.6. The highest BCUT2D eigenvalue weighted by Crippen LogP contribution is 2.36. The normalized spacial score (nSPS) is 19.9. The zero-order valence-electron chi connectivity index (χ0n) is 32.7. The van der Waals surface area contributed by atoms with Gasteiger partial charge in [-0.3, -0.25) is 29.1 Å². The molecule has 3 amide bonds. The first-order valence-electron chi connectivity index (χ1n) is 18.2. The van der Waals surface area contributed by atoms with Crippen LogP contribution in [0.5, 0.6) is 5.75 Å². The number of esters is 4. The molecule has 2 fully saturated rings. The number of methoxy groups -OCH3 is 1. The Morgan fingerprint density at radius 1 is 0.934 bits per heavy atom. The van der Waals surface area contributed by atoms with Crippen molar-refractivity contribution in [3.8, 4) is 5.75 Å². The predicted octanol–water partition coefficient (Wildman–Crippen LogP) is 4.51. The van der Waals surface area contributed by atoms with Gasteiger partial charge < -0.3 is 48.7 Å². The van der Waals surface area contributed by atoms with Crippen molar-refractivity contribution >= 4 is 76.4 Å². The van der Waals surface area contributed by atoms with Crippen molar-refractivity contribution in [2.45, 2.75) is 77.0 Å². The second-order valence-corrected chi connectivity index (χ2v) is 14.1. The third-order valence-corrected chi connectivity index (χ3v) is 9.64. The van der Waals surface area contributed by atoms with E-state index < -0.39 is 72.5 Å². The molecule has 2 saturated heterocycles. The summed E-state index contributed by atoms with van der Waals surface area (Å²) in [4.78, 5) is 92.4. The minimum atomic E-state index is -1.73. The molecule has 5 atom stereocenters. The van der Waals surface area contributed by atoms with E-state index in [1.54, 1.807) is 6.07 Å². The number of likely N-dealkylation sites (tertiary alicyclic amines) is 1. The fraction of sp³-hybridized carbons (Fsp3) is 0.405. The summed E-state index contributed by atoms with van der Waals surface area (Å²) >= 11 is 12.3. The van der Waals surface area contributed by atoms with Gasteiger partial charge in [0, 0.05) is 44.8 Å². The number of halogens is 2. The van der Waals surface area contributed by atoms with Gasteiger partial charge in [0.1, 0.15) is 18.1 Å². The van der Waals surface area contributed by atoms with E-state index in [-0.39, 0.29) is 64.2 Å². The van der Waals surface area contributed by atoms with Gasteiger partial charge >= 0.3 is 30.0 Å². The minimum Gasteiger partial charge on any atom is -0.467 e. The van der Waals surface area contributed by atoms with Crippen LogP contribution in [0.1, 0.15) is 60.0 Å². The van der Waals surface area contributed by atoms with Crippen molar-refractivity contribution in [3.63, 3.8) is 0 Å². The number of hydrogen-bond donors (Lipinski definition) is 3. The number of piperidine rings is 1. The molecule has 0 spiro atoms. The van der Waals surface area contributed by atoms with Gasteiger partial charge in [-0.05, 0) is 48.2 Å². The largest absolute Gasteiger partial charge is 0.467 e. The molecule has 2 aliphatic heterocycles. The number of rotatable bonds is 13. The van der Waals surface area contributed by atoms with Crippen LogP contribution in [0.3, 0.4) is 0 Å². The molecule has 2 aromatic carbocycles. The lowest BCUT2D eigenvalue weighted by molar-refractivity contribution is -0.282. The lowest BCUT2D eigenvalue weighted by Gasteiger charge is -2.43. The van der Waals surface area contributed by atoms with Crippen molar-refractivity contribution in [1.82, 2.24) is 20.4 Å². The molecule has 3 heterocycles. The van der Waals surface area contributed by atoms with E-state index in [0.717, 1.165) is 27.9 Å². The Labute approximate surface area is 355 Å². The first kappa shape index (κ1) is 45.5. The van der Waals surface area contributed by atoms with Gasteiger partial charge in [0.25, 0.3) is 11.8 Å². The number of hydrogen-bond acceptors (Lipinski definition) is 16. The smallest absolute Gasteiger partial charge is 0.410 e. The maximum absolute atomic E-state index is 13.1. The summed E-state index contributed by atoms with van der Waals surface area (Å²) in [6, 6.07) is 8.38. The monoisotopic (exact) mass is 888 g/mol. The van der Waals surface area contributed by atoms with Crippen molar-refractivity contribution < 1.29 is 66.7 Å². The highest BCUT2D eigenvalue weighted by Gasteiger charge is 2.56. The summed E-state index contributed by atoms with van der Waals surface area (Å²) < 4.78 is 38.0. The average molecular weight is 890 g/mol. The number of carbonyl (C=O) groups excluding carboxylic acids is 7. The van der Waals surface area contributed by atoms with Crippen molar-refractivity contribution in [2.75, 3.05) is 25.5 Å². The molecule has 3 N–H and O–H groups in total. The Kier molecular flexibility index (Phi) is 15.3. The quantitative estimate of drug-likeness (QED) is 0.0699. The number of nitrogens with zero attached hydrogens (tertiary/aromatic N) is 5. The summed E-state index contributed by atoms with van der Waals surface area (Å²) in [5.74, 6) is -5.05. The summed E-state index contributed by atoms with van der Waals surface area (Å²) in [7, 11) is 1.03. The third kappa shape index (κ3) is 11.6. The number of H-pyrrole nitrogens is 1. The Bertz CT molecular complexity index is 2210. The van der Waals surface area contributed by atoms with Gasteiger partial charge in [-0.25, -0.2) is 9.59 Å². The van der Waals surface area contributed by atoms with Crippen LogP contribution in [0, 0.1) is 0 Å². The molecule has 2 unspecified atom stereocenters. The molecular weight excluding hydrogens is 851 g/mol. The Morgan fingerprint density at radius 3 is 2.20 bits per heavy atom. The van der Waals surface area contributed by atoms with E-state index in [0.29, 0.717) is 18.4 Å². The predicted molar refractivity (Wildman–Crippen MR) is 208 cm³/mol. The molecular formula is C37H38Cl2N8O14. The zero-order chi connectivity index (χ0) is 44.4. The molecule has 24 heteroatoms. The molecule has 0 aliphatic carbocycles. The third-order valence-electron chi connectivity index (χ3n) is 9.01. The van der Waals surface area contributed by atoms with Crippen molar-refractivity contribution in [3.05, 3.63) is 79.9 Å². The molecule has 61 heavy (non-hydrogen) atoms. The Morgan fingerprint density at radius 2 is 1.57 bits per heavy atom. The van der Waals surface area contributed by atoms with Gasteiger partial charge in [0.15, 0.2) is 18.3 Å². The molecule has 1 aromatic heterocycles. The van der Waals surface area contributed by atoms with Crippen molar-refractivity contribution in [2.24, 2.45) is 5.11 Å². The maximum atomic E-state index is 13.1. The van der Waals surface area contributed by atoms with Crippen LogP contribution in [0.25, 0.3) is 10.4 Å². The number of amides is 3. The van der Waals surface area contributed by atoms with E-state index >= 15 is 0 Å². The molecule has 0 bridgehead atoms. The summed E-state index contributed by atoms with van der Waals surface area (Å²) in [6.07, 6.45) is -7.00. The molecule has 22 nitrogen and oxygen atoms in total. The Hall–Kier alpha value is -6.61. The van der Waals surface area contributed by atoms with Gasteiger partial charge in [0.05, 0.1) is 40.3 Å². The fourth-order valence-electron chi connectivity index (χ4n) is 6.33. The summed E-state index contributed by atoms with van der Waals surface area (Å²) in [5, 5.41) is 15.8. The lowest BCUT2D eigenvalue weighted by Crippen LogP contribution is -2.64. The van der Waals surface area contributed by atoms with Crippen LogP contribution in [-0.4, -0.2) is 114 Å². The van der Waals surface area contributed by atoms with Crippen LogP contribution in [0.4, 0.5) is 16.2 Å². The average Bonchev–Trinajstić information content (AvgIpc) is 3.67. The SMILES string of the molecule is COC(=O)C1O[C@@H](Oc2ccc(COC(=O)N3CCC(NC(=O)c4[nH]ncc4NC(=O)c4c(Cl)cccc4Cl)CC3)cc2N=[N+]=[N-])C(OC(C)=O)[C@@H](OC(C)=O)[C@@H]1OC(C)=O. The van der Waals surface area contributed by atoms with Crippen molar-refractivity contribution in [1.29, 1.82) is 0 Å². The molecule has 3 aromatic rings. The Balaban J connectivity index is 1.20. The van der Waals surface area contributed by atoms with Gasteiger partial charge in [-0.2, -0.15) is 5.10 Å². The van der Waals surface area contributed by atoms with Crippen LogP contribution in [0.2, 0.25) is 10.0 Å². The second-order valence-electron chi connectivity index (χ2n) is 13.3. The van der Waals surface area contributed by atoms with Crippen LogP contribution in [-0.2, 0) is 54.2 Å².